The van der Waals surface area contributed by atoms with Crippen LogP contribution in [-0.4, -0.2) is 24.1 Å². The highest BCUT2D eigenvalue weighted by molar-refractivity contribution is 6.05. The number of aryl methyl sites for hydroxylation is 2. The topological polar surface area (TPSA) is 65.6 Å². The summed E-state index contributed by atoms with van der Waals surface area (Å²) in [6.45, 7) is 4.89. The number of rotatable bonds is 5. The van der Waals surface area contributed by atoms with Crippen molar-refractivity contribution in [1.29, 1.82) is 0 Å². The van der Waals surface area contributed by atoms with E-state index in [-0.39, 0.29) is 5.56 Å². The third kappa shape index (κ3) is 2.87. The molecule has 0 radical (unpaired) electrons. The molecule has 5 aromatic rings. The highest BCUT2D eigenvalue weighted by Gasteiger charge is 2.20. The van der Waals surface area contributed by atoms with Crippen LogP contribution < -0.4 is 5.56 Å². The highest BCUT2D eigenvalue weighted by atomic mass is 16.1. The Morgan fingerprint density at radius 1 is 0.900 bits per heavy atom. The van der Waals surface area contributed by atoms with Gasteiger partial charge in [-0.15, -0.1) is 0 Å². The Bertz CT molecular complexity index is 1430. The van der Waals surface area contributed by atoms with Crippen LogP contribution in [0.1, 0.15) is 32.3 Å². The number of hydrogen-bond acceptors (Lipinski definition) is 4. The third-order valence-electron chi connectivity index (χ3n) is 5.59. The molecule has 0 unspecified atom stereocenters. The maximum absolute atomic E-state index is 13.4. The van der Waals surface area contributed by atoms with E-state index in [4.69, 9.17) is 9.97 Å². The Morgan fingerprint density at radius 2 is 1.63 bits per heavy atom. The minimum atomic E-state index is -0.0630. The average molecular weight is 397 g/mol. The summed E-state index contributed by atoms with van der Waals surface area (Å²) in [4.78, 5) is 27.8. The summed E-state index contributed by atoms with van der Waals surface area (Å²) < 4.78 is 3.64. The molecule has 3 aromatic heterocycles. The van der Waals surface area contributed by atoms with Crippen LogP contribution in [0.5, 0.6) is 0 Å². The van der Waals surface area contributed by atoms with E-state index < -0.39 is 0 Å². The molecule has 0 amide bonds. The summed E-state index contributed by atoms with van der Waals surface area (Å²) >= 11 is 0. The molecule has 5 rings (SSSR count). The molecule has 0 bridgehead atoms. The predicted octanol–water partition coefficient (Wildman–Crippen LogP) is 4.65. The second-order valence-electron chi connectivity index (χ2n) is 7.54. The summed E-state index contributed by atoms with van der Waals surface area (Å²) in [5.74, 6) is 0. The van der Waals surface area contributed by atoms with Crippen molar-refractivity contribution in [1.82, 2.24) is 24.1 Å². The molecule has 0 atom stereocenters. The van der Waals surface area contributed by atoms with Crippen molar-refractivity contribution >= 4 is 33.2 Å². The lowest BCUT2D eigenvalue weighted by atomic mass is 10.1. The summed E-state index contributed by atoms with van der Waals surface area (Å²) in [6.07, 6.45) is 4.56. The fourth-order valence-corrected chi connectivity index (χ4v) is 3.89. The molecule has 0 N–H and O–H groups in total. The molecule has 0 saturated carbocycles. The molecule has 2 aromatic carbocycles. The van der Waals surface area contributed by atoms with Gasteiger partial charge in [0.05, 0.1) is 17.4 Å². The molecular weight excluding hydrogens is 374 g/mol. The van der Waals surface area contributed by atoms with Crippen LogP contribution in [0.25, 0.3) is 38.9 Å². The lowest BCUT2D eigenvalue weighted by Crippen LogP contribution is -2.20. The molecule has 0 aliphatic rings. The second kappa shape index (κ2) is 7.37. The number of benzene rings is 2. The first kappa shape index (κ1) is 18.5. The maximum atomic E-state index is 13.4. The number of aromatic nitrogens is 5. The lowest BCUT2D eigenvalue weighted by molar-refractivity contribution is 0.608. The predicted molar refractivity (Wildman–Crippen MR) is 120 cm³/mol. The summed E-state index contributed by atoms with van der Waals surface area (Å²) in [5.41, 5.74) is 5.55. The number of hydrogen-bond donors (Lipinski definition) is 0. The first-order chi connectivity index (χ1) is 14.7. The van der Waals surface area contributed by atoms with Crippen LogP contribution in [-0.2, 0) is 13.0 Å². The van der Waals surface area contributed by atoms with Crippen LogP contribution in [0.2, 0.25) is 0 Å². The molecule has 0 saturated heterocycles. The van der Waals surface area contributed by atoms with Gasteiger partial charge in [0.15, 0.2) is 11.3 Å². The summed E-state index contributed by atoms with van der Waals surface area (Å²) in [6, 6.07) is 16.1. The number of para-hydroxylation sites is 2. The quantitative estimate of drug-likeness (QED) is 0.433. The lowest BCUT2D eigenvalue weighted by Gasteiger charge is -2.08. The van der Waals surface area contributed by atoms with Gasteiger partial charge in [-0.2, -0.15) is 0 Å². The van der Waals surface area contributed by atoms with E-state index in [1.54, 1.807) is 10.9 Å². The SMILES string of the molecule is CCCCn1cnc2c(c1=O)c1nc3ccccc3nc1n2-c1ccc(CC)cc1. The minimum Gasteiger partial charge on any atom is -0.299 e. The van der Waals surface area contributed by atoms with Gasteiger partial charge in [0.1, 0.15) is 10.9 Å². The molecule has 6 heteroatoms. The van der Waals surface area contributed by atoms with Crippen molar-refractivity contribution in [2.24, 2.45) is 0 Å². The zero-order valence-corrected chi connectivity index (χ0v) is 17.2. The van der Waals surface area contributed by atoms with Gasteiger partial charge in [-0.05, 0) is 42.7 Å². The van der Waals surface area contributed by atoms with Crippen LogP contribution in [0.4, 0.5) is 0 Å². The van der Waals surface area contributed by atoms with E-state index in [0.29, 0.717) is 28.7 Å². The standard InChI is InChI=1S/C24H23N5O/c1-3-5-14-28-15-25-22-20(24(28)30)21-23(27-19-9-7-6-8-18(19)26-21)29(22)17-12-10-16(4-2)11-13-17/h6-13,15H,3-5,14H2,1-2H3. The first-order valence-corrected chi connectivity index (χ1v) is 10.5. The van der Waals surface area contributed by atoms with Gasteiger partial charge < -0.3 is 0 Å². The molecule has 0 spiro atoms. The molecule has 0 fully saturated rings. The van der Waals surface area contributed by atoms with E-state index in [1.165, 1.54) is 5.56 Å². The fourth-order valence-electron chi connectivity index (χ4n) is 3.89. The van der Waals surface area contributed by atoms with Crippen molar-refractivity contribution in [3.8, 4) is 5.69 Å². The van der Waals surface area contributed by atoms with E-state index in [2.05, 4.69) is 43.1 Å². The smallest absolute Gasteiger partial charge is 0.265 e. The Morgan fingerprint density at radius 3 is 2.33 bits per heavy atom. The summed E-state index contributed by atoms with van der Waals surface area (Å²) in [7, 11) is 0. The number of fused-ring (bicyclic) bond motifs is 4. The zero-order chi connectivity index (χ0) is 20.7. The third-order valence-corrected chi connectivity index (χ3v) is 5.59. The highest BCUT2D eigenvalue weighted by Crippen LogP contribution is 2.28. The van der Waals surface area contributed by atoms with Gasteiger partial charge in [-0.25, -0.2) is 15.0 Å². The van der Waals surface area contributed by atoms with E-state index >= 15 is 0 Å². The maximum Gasteiger partial charge on any atom is 0.265 e. The van der Waals surface area contributed by atoms with Crippen LogP contribution in [0, 0.1) is 0 Å². The van der Waals surface area contributed by atoms with Gasteiger partial charge in [0, 0.05) is 12.2 Å². The Hall–Kier alpha value is -3.54. The molecule has 0 aliphatic carbocycles. The van der Waals surface area contributed by atoms with Crippen molar-refractivity contribution < 1.29 is 0 Å². The van der Waals surface area contributed by atoms with E-state index in [9.17, 15) is 4.79 Å². The van der Waals surface area contributed by atoms with Gasteiger partial charge in [0.2, 0.25) is 0 Å². The second-order valence-corrected chi connectivity index (χ2v) is 7.54. The summed E-state index contributed by atoms with van der Waals surface area (Å²) in [5, 5.41) is 0.529. The van der Waals surface area contributed by atoms with E-state index in [0.717, 1.165) is 36.0 Å². The van der Waals surface area contributed by atoms with Gasteiger partial charge in [0.25, 0.3) is 5.56 Å². The number of unbranched alkanes of at least 4 members (excludes halogenated alkanes) is 1. The Kier molecular flexibility index (Phi) is 4.54. The largest absolute Gasteiger partial charge is 0.299 e. The normalized spacial score (nSPS) is 11.7. The molecule has 6 nitrogen and oxygen atoms in total. The average Bonchev–Trinajstić information content (AvgIpc) is 3.11. The molecule has 30 heavy (non-hydrogen) atoms. The van der Waals surface area contributed by atoms with Crippen LogP contribution in [0.3, 0.4) is 0 Å². The first-order valence-electron chi connectivity index (χ1n) is 10.5. The number of nitrogens with zero attached hydrogens (tertiary/aromatic N) is 5. The van der Waals surface area contributed by atoms with Gasteiger partial charge >= 0.3 is 0 Å². The fraction of sp³-hybridized carbons (Fsp3) is 0.250. The van der Waals surface area contributed by atoms with E-state index in [1.807, 2.05) is 28.8 Å². The Labute approximate surface area is 173 Å². The molecular formula is C24H23N5O. The minimum absolute atomic E-state index is 0.0630. The van der Waals surface area contributed by atoms with Crippen molar-refractivity contribution in [3.05, 3.63) is 70.8 Å². The van der Waals surface area contributed by atoms with Gasteiger partial charge in [-0.1, -0.05) is 44.5 Å². The molecule has 150 valence electrons. The molecule has 3 heterocycles. The molecule has 0 aliphatic heterocycles. The van der Waals surface area contributed by atoms with Crippen molar-refractivity contribution in [2.75, 3.05) is 0 Å². The Balaban J connectivity index is 1.89. The van der Waals surface area contributed by atoms with Crippen LogP contribution >= 0.6 is 0 Å². The van der Waals surface area contributed by atoms with Gasteiger partial charge in [-0.3, -0.25) is 13.9 Å². The zero-order valence-electron chi connectivity index (χ0n) is 17.2. The van der Waals surface area contributed by atoms with Crippen LogP contribution in [0.15, 0.2) is 59.7 Å². The van der Waals surface area contributed by atoms with Crippen molar-refractivity contribution in [2.45, 2.75) is 39.7 Å². The monoisotopic (exact) mass is 397 g/mol. The van der Waals surface area contributed by atoms with Crippen molar-refractivity contribution in [3.63, 3.8) is 0 Å².